The highest BCUT2D eigenvalue weighted by Crippen LogP contribution is 2.17. The molecule has 1 saturated heterocycles. The van der Waals surface area contributed by atoms with Gasteiger partial charge in [0.2, 0.25) is 5.91 Å². The predicted octanol–water partition coefficient (Wildman–Crippen LogP) is -1.14. The summed E-state index contributed by atoms with van der Waals surface area (Å²) < 4.78 is 5.08. The molecule has 18 heavy (non-hydrogen) atoms. The number of amides is 2. The predicted molar refractivity (Wildman–Crippen MR) is 62.8 cm³/mol. The van der Waals surface area contributed by atoms with E-state index in [1.807, 2.05) is 0 Å². The van der Waals surface area contributed by atoms with Gasteiger partial charge in [0.05, 0.1) is 6.61 Å². The molecule has 0 aromatic carbocycles. The molecule has 2 heterocycles. The third kappa shape index (κ3) is 2.85. The molecule has 7 heteroatoms. The first-order valence-corrected chi connectivity index (χ1v) is 5.92. The fraction of sp³-hybridized carbons (Fsp3) is 0.727. The molecule has 2 aliphatic heterocycles. The molecule has 2 N–H and O–H groups in total. The second kappa shape index (κ2) is 5.03. The van der Waals surface area contributed by atoms with Crippen LogP contribution in [0.1, 0.15) is 19.3 Å². The summed E-state index contributed by atoms with van der Waals surface area (Å²) >= 11 is 0. The van der Waals surface area contributed by atoms with Gasteiger partial charge in [-0.25, -0.2) is 5.01 Å². The highest BCUT2D eigenvalue weighted by Gasteiger charge is 2.33. The van der Waals surface area contributed by atoms with Crippen LogP contribution in [-0.2, 0) is 14.3 Å². The van der Waals surface area contributed by atoms with Crippen molar-refractivity contribution in [2.24, 2.45) is 5.10 Å². The number of hydrogen-bond donors (Lipinski definition) is 2. The Morgan fingerprint density at radius 1 is 1.61 bits per heavy atom. The van der Waals surface area contributed by atoms with Gasteiger partial charge in [-0.3, -0.25) is 9.59 Å². The number of ether oxygens (including phenoxy) is 1. The van der Waals surface area contributed by atoms with Gasteiger partial charge in [0, 0.05) is 39.5 Å². The van der Waals surface area contributed by atoms with Crippen LogP contribution in [-0.4, -0.2) is 60.0 Å². The number of carbonyl (C=O) groups excluding carboxylic acids is 2. The lowest BCUT2D eigenvalue weighted by Crippen LogP contribution is -2.46. The van der Waals surface area contributed by atoms with Gasteiger partial charge in [-0.2, -0.15) is 5.10 Å². The first kappa shape index (κ1) is 13.0. The molecule has 0 aromatic heterocycles. The Labute approximate surface area is 105 Å². The molecule has 1 atom stereocenters. The van der Waals surface area contributed by atoms with E-state index < -0.39 is 5.60 Å². The van der Waals surface area contributed by atoms with Crippen LogP contribution in [0.4, 0.5) is 0 Å². The average molecular weight is 255 g/mol. The van der Waals surface area contributed by atoms with Gasteiger partial charge in [0.15, 0.2) is 0 Å². The third-order valence-corrected chi connectivity index (χ3v) is 3.13. The Hall–Kier alpha value is -1.47. The molecule has 7 nitrogen and oxygen atoms in total. The lowest BCUT2D eigenvalue weighted by atomic mass is 10.0. The van der Waals surface area contributed by atoms with Gasteiger partial charge in [0.1, 0.15) is 11.3 Å². The van der Waals surface area contributed by atoms with Gasteiger partial charge in [-0.05, 0) is 0 Å². The zero-order valence-electron chi connectivity index (χ0n) is 10.3. The minimum absolute atomic E-state index is 0.102. The number of carbonyl (C=O) groups is 2. The lowest BCUT2D eigenvalue weighted by Gasteiger charge is -2.22. The van der Waals surface area contributed by atoms with Gasteiger partial charge < -0.3 is 15.2 Å². The molecular weight excluding hydrogens is 238 g/mol. The highest BCUT2D eigenvalue weighted by molar-refractivity contribution is 6.39. The molecule has 2 aliphatic rings. The zero-order chi connectivity index (χ0) is 13.2. The normalized spacial score (nSPS) is 28.2. The summed E-state index contributed by atoms with van der Waals surface area (Å²) in [6, 6.07) is 0. The quantitative estimate of drug-likeness (QED) is 0.667. The van der Waals surface area contributed by atoms with E-state index in [1.54, 1.807) is 0 Å². The largest absolute Gasteiger partial charge is 0.386 e. The number of nitrogens with zero attached hydrogens (tertiary/aromatic N) is 2. The Morgan fingerprint density at radius 2 is 2.39 bits per heavy atom. The maximum absolute atomic E-state index is 11.8. The second-order valence-electron chi connectivity index (χ2n) is 4.67. The van der Waals surface area contributed by atoms with Gasteiger partial charge in [-0.1, -0.05) is 0 Å². The Bertz CT molecular complexity index is 388. The van der Waals surface area contributed by atoms with E-state index >= 15 is 0 Å². The van der Waals surface area contributed by atoms with Crippen molar-refractivity contribution in [2.45, 2.75) is 24.9 Å². The summed E-state index contributed by atoms with van der Waals surface area (Å²) in [4.78, 5) is 23.0. The Kier molecular flexibility index (Phi) is 3.63. The molecule has 100 valence electrons. The molecule has 1 unspecified atom stereocenters. The van der Waals surface area contributed by atoms with Crippen LogP contribution in [0.5, 0.6) is 0 Å². The van der Waals surface area contributed by atoms with Crippen LogP contribution in [0.3, 0.4) is 0 Å². The van der Waals surface area contributed by atoms with E-state index in [9.17, 15) is 14.7 Å². The number of nitrogens with one attached hydrogen (secondary N) is 1. The maximum Gasteiger partial charge on any atom is 0.267 e. The van der Waals surface area contributed by atoms with Crippen molar-refractivity contribution >= 4 is 17.5 Å². The summed E-state index contributed by atoms with van der Waals surface area (Å²) in [6.07, 6.45) is 1.14. The number of rotatable bonds is 3. The topological polar surface area (TPSA) is 91.2 Å². The molecule has 0 spiro atoms. The van der Waals surface area contributed by atoms with Crippen molar-refractivity contribution in [1.29, 1.82) is 0 Å². The van der Waals surface area contributed by atoms with E-state index in [1.165, 1.54) is 12.1 Å². The minimum atomic E-state index is -0.980. The van der Waals surface area contributed by atoms with E-state index in [0.29, 0.717) is 25.2 Å². The molecule has 2 rings (SSSR count). The van der Waals surface area contributed by atoms with Crippen LogP contribution in [0.15, 0.2) is 5.10 Å². The van der Waals surface area contributed by atoms with Crippen LogP contribution in [0.2, 0.25) is 0 Å². The van der Waals surface area contributed by atoms with Crippen LogP contribution in [0.25, 0.3) is 0 Å². The third-order valence-electron chi connectivity index (χ3n) is 3.13. The molecule has 2 amide bonds. The molecule has 0 aliphatic carbocycles. The fourth-order valence-electron chi connectivity index (χ4n) is 1.92. The van der Waals surface area contributed by atoms with E-state index in [-0.39, 0.29) is 31.4 Å². The summed E-state index contributed by atoms with van der Waals surface area (Å²) in [5.41, 5.74) is -0.660. The summed E-state index contributed by atoms with van der Waals surface area (Å²) in [5.74, 6) is -0.441. The first-order chi connectivity index (χ1) is 8.50. The molecule has 1 fully saturated rings. The van der Waals surface area contributed by atoms with Crippen molar-refractivity contribution in [3.05, 3.63) is 0 Å². The standard InChI is InChI=1S/C11H17N3O4/c1-14-9(15)3-2-8(13-14)10(16)12-6-11(17)4-5-18-7-11/h17H,2-7H2,1H3,(H,12,16). The van der Waals surface area contributed by atoms with Gasteiger partial charge in [-0.15, -0.1) is 0 Å². The number of aliphatic hydroxyl groups is 1. The van der Waals surface area contributed by atoms with Gasteiger partial charge >= 0.3 is 0 Å². The zero-order valence-corrected chi connectivity index (χ0v) is 10.3. The minimum Gasteiger partial charge on any atom is -0.386 e. The number of hydrogen-bond acceptors (Lipinski definition) is 5. The molecule has 0 radical (unpaired) electrons. The molecular formula is C11H17N3O4. The first-order valence-electron chi connectivity index (χ1n) is 5.92. The fourth-order valence-corrected chi connectivity index (χ4v) is 1.92. The van der Waals surface area contributed by atoms with E-state index in [4.69, 9.17) is 4.74 Å². The smallest absolute Gasteiger partial charge is 0.267 e. The van der Waals surface area contributed by atoms with Crippen LogP contribution in [0, 0.1) is 0 Å². The van der Waals surface area contributed by atoms with Crippen LogP contribution < -0.4 is 5.32 Å². The van der Waals surface area contributed by atoms with E-state index in [2.05, 4.69) is 10.4 Å². The average Bonchev–Trinajstić information content (AvgIpc) is 2.77. The SMILES string of the molecule is CN1N=C(C(=O)NCC2(O)CCOC2)CCC1=O. The monoisotopic (exact) mass is 255 g/mol. The van der Waals surface area contributed by atoms with Crippen LogP contribution >= 0.6 is 0 Å². The summed E-state index contributed by atoms with van der Waals surface area (Å²) in [6.45, 7) is 0.880. The Balaban J connectivity index is 1.88. The van der Waals surface area contributed by atoms with Gasteiger partial charge in [0.25, 0.3) is 5.91 Å². The van der Waals surface area contributed by atoms with Crippen molar-refractivity contribution < 1.29 is 19.4 Å². The maximum atomic E-state index is 11.8. The van der Waals surface area contributed by atoms with Crippen molar-refractivity contribution in [2.75, 3.05) is 26.8 Å². The highest BCUT2D eigenvalue weighted by atomic mass is 16.5. The summed E-state index contributed by atoms with van der Waals surface area (Å²) in [5, 5.41) is 17.7. The van der Waals surface area contributed by atoms with E-state index in [0.717, 1.165) is 0 Å². The van der Waals surface area contributed by atoms with Crippen molar-refractivity contribution in [3.8, 4) is 0 Å². The molecule has 0 bridgehead atoms. The summed E-state index contributed by atoms with van der Waals surface area (Å²) in [7, 11) is 1.52. The van der Waals surface area contributed by atoms with Crippen molar-refractivity contribution in [3.63, 3.8) is 0 Å². The second-order valence-corrected chi connectivity index (χ2v) is 4.67. The van der Waals surface area contributed by atoms with Crippen molar-refractivity contribution in [1.82, 2.24) is 10.3 Å². The molecule has 0 aromatic rings. The number of hydrazone groups is 1. The Morgan fingerprint density at radius 3 is 3.00 bits per heavy atom. The lowest BCUT2D eigenvalue weighted by molar-refractivity contribution is -0.130. The molecule has 0 saturated carbocycles.